The fourth-order valence-corrected chi connectivity index (χ4v) is 2.95. The smallest absolute Gasteiger partial charge is 0.306 e. The number of anilines is 1. The third-order valence-corrected chi connectivity index (χ3v) is 4.49. The molecule has 0 saturated heterocycles. The van der Waals surface area contributed by atoms with Crippen LogP contribution in [0.15, 0.2) is 18.2 Å². The first-order valence-corrected chi connectivity index (χ1v) is 9.45. The molecule has 2 amide bonds. The molecule has 0 fully saturated rings. The monoisotopic (exact) mass is 390 g/mol. The largest absolute Gasteiger partial charge is 0.482 e. The van der Waals surface area contributed by atoms with Gasteiger partial charge in [-0.2, -0.15) is 0 Å². The predicted octanol–water partition coefficient (Wildman–Crippen LogP) is 1.81. The first-order chi connectivity index (χ1) is 13.4. The SMILES string of the molecule is CCOC(=O)CCC(=O)c1ccc2c(c1)N(CC(=O)N(CC)CC)C(=O)CO2. The van der Waals surface area contributed by atoms with Crippen LogP contribution in [0.3, 0.4) is 0 Å². The van der Waals surface area contributed by atoms with Gasteiger partial charge in [-0.25, -0.2) is 0 Å². The van der Waals surface area contributed by atoms with Gasteiger partial charge in [0.05, 0.1) is 18.7 Å². The van der Waals surface area contributed by atoms with Gasteiger partial charge in [-0.3, -0.25) is 24.1 Å². The summed E-state index contributed by atoms with van der Waals surface area (Å²) in [5, 5.41) is 0. The van der Waals surface area contributed by atoms with Crippen LogP contribution in [0.4, 0.5) is 5.69 Å². The van der Waals surface area contributed by atoms with E-state index >= 15 is 0 Å². The number of amides is 2. The number of nitrogens with zero attached hydrogens (tertiary/aromatic N) is 2. The molecule has 1 aromatic rings. The van der Waals surface area contributed by atoms with Gasteiger partial charge < -0.3 is 14.4 Å². The zero-order chi connectivity index (χ0) is 20.7. The Balaban J connectivity index is 2.19. The zero-order valence-corrected chi connectivity index (χ0v) is 16.5. The van der Waals surface area contributed by atoms with Gasteiger partial charge in [0.2, 0.25) is 5.91 Å². The van der Waals surface area contributed by atoms with Crippen LogP contribution in [0, 0.1) is 0 Å². The van der Waals surface area contributed by atoms with E-state index in [4.69, 9.17) is 9.47 Å². The first-order valence-electron chi connectivity index (χ1n) is 9.45. The molecule has 0 radical (unpaired) electrons. The topological polar surface area (TPSA) is 93.2 Å². The number of hydrogen-bond donors (Lipinski definition) is 0. The Labute approximate surface area is 164 Å². The Morgan fingerprint density at radius 1 is 1.14 bits per heavy atom. The molecule has 0 saturated carbocycles. The van der Waals surface area contributed by atoms with Gasteiger partial charge in [-0.15, -0.1) is 0 Å². The summed E-state index contributed by atoms with van der Waals surface area (Å²) >= 11 is 0. The van der Waals surface area contributed by atoms with Gasteiger partial charge in [0.15, 0.2) is 12.4 Å². The minimum absolute atomic E-state index is 0.00476. The van der Waals surface area contributed by atoms with E-state index in [1.165, 1.54) is 11.0 Å². The fourth-order valence-electron chi connectivity index (χ4n) is 2.95. The van der Waals surface area contributed by atoms with E-state index in [0.29, 0.717) is 30.1 Å². The normalized spacial score (nSPS) is 12.8. The molecule has 1 aliphatic heterocycles. The van der Waals surface area contributed by atoms with Crippen molar-refractivity contribution in [2.45, 2.75) is 33.6 Å². The second-order valence-corrected chi connectivity index (χ2v) is 6.25. The Morgan fingerprint density at radius 3 is 2.50 bits per heavy atom. The van der Waals surface area contributed by atoms with Gasteiger partial charge in [0.25, 0.3) is 5.91 Å². The number of carbonyl (C=O) groups is 4. The fraction of sp³-hybridized carbons (Fsp3) is 0.500. The molecular formula is C20H26N2O6. The molecule has 28 heavy (non-hydrogen) atoms. The van der Waals surface area contributed by atoms with E-state index in [1.54, 1.807) is 24.0 Å². The highest BCUT2D eigenvalue weighted by Crippen LogP contribution is 2.33. The molecule has 0 aromatic heterocycles. The van der Waals surface area contributed by atoms with Crippen molar-refractivity contribution in [1.82, 2.24) is 4.90 Å². The summed E-state index contributed by atoms with van der Waals surface area (Å²) in [7, 11) is 0. The molecule has 0 unspecified atom stereocenters. The molecule has 0 bridgehead atoms. The first kappa shape index (κ1) is 21.4. The molecule has 0 aliphatic carbocycles. The number of carbonyl (C=O) groups excluding carboxylic acids is 4. The van der Waals surface area contributed by atoms with E-state index in [1.807, 2.05) is 13.8 Å². The lowest BCUT2D eigenvalue weighted by Crippen LogP contribution is -2.46. The van der Waals surface area contributed by atoms with E-state index in [0.717, 1.165) is 0 Å². The number of rotatable bonds is 9. The number of esters is 1. The lowest BCUT2D eigenvalue weighted by atomic mass is 10.0. The Morgan fingerprint density at radius 2 is 1.86 bits per heavy atom. The predicted molar refractivity (Wildman–Crippen MR) is 102 cm³/mol. The molecule has 1 aromatic carbocycles. The maximum atomic E-state index is 12.5. The van der Waals surface area contributed by atoms with Crippen LogP contribution >= 0.6 is 0 Å². The Bertz CT molecular complexity index is 757. The lowest BCUT2D eigenvalue weighted by Gasteiger charge is -2.31. The third-order valence-electron chi connectivity index (χ3n) is 4.49. The Hall–Kier alpha value is -2.90. The van der Waals surface area contributed by atoms with Crippen molar-refractivity contribution in [3.63, 3.8) is 0 Å². The Kier molecular flexibility index (Phi) is 7.54. The summed E-state index contributed by atoms with van der Waals surface area (Å²) in [6, 6.07) is 4.73. The van der Waals surface area contributed by atoms with Gasteiger partial charge in [0, 0.05) is 25.1 Å². The number of ketones is 1. The molecule has 1 heterocycles. The molecule has 152 valence electrons. The summed E-state index contributed by atoms with van der Waals surface area (Å²) in [6.07, 6.45) is -0.00580. The van der Waals surface area contributed by atoms with Crippen LogP contribution in [0.1, 0.15) is 44.0 Å². The highest BCUT2D eigenvalue weighted by molar-refractivity contribution is 6.04. The molecule has 0 spiro atoms. The van der Waals surface area contributed by atoms with Crippen molar-refractivity contribution >= 4 is 29.3 Å². The second-order valence-electron chi connectivity index (χ2n) is 6.25. The average Bonchev–Trinajstić information content (AvgIpc) is 2.69. The molecular weight excluding hydrogens is 364 g/mol. The second kappa shape index (κ2) is 9.87. The number of Topliss-reactive ketones (excluding diaryl/α,β-unsaturated/α-hetero) is 1. The van der Waals surface area contributed by atoms with Crippen LogP contribution < -0.4 is 9.64 Å². The summed E-state index contributed by atoms with van der Waals surface area (Å²) in [6.45, 7) is 6.54. The number of likely N-dealkylation sites (N-methyl/N-ethyl adjacent to an activating group) is 1. The van der Waals surface area contributed by atoms with Crippen molar-refractivity contribution in [2.24, 2.45) is 0 Å². The summed E-state index contributed by atoms with van der Waals surface area (Å²) in [4.78, 5) is 51.7. The summed E-state index contributed by atoms with van der Waals surface area (Å²) in [5.74, 6) is -0.758. The summed E-state index contributed by atoms with van der Waals surface area (Å²) in [5.41, 5.74) is 0.736. The van der Waals surface area contributed by atoms with Crippen molar-refractivity contribution in [2.75, 3.05) is 37.7 Å². The van der Waals surface area contributed by atoms with E-state index in [2.05, 4.69) is 0 Å². The highest BCUT2D eigenvalue weighted by atomic mass is 16.5. The number of benzene rings is 1. The van der Waals surface area contributed by atoms with Crippen LogP contribution in [0.2, 0.25) is 0 Å². The molecule has 0 atom stereocenters. The van der Waals surface area contributed by atoms with Crippen LogP contribution in [-0.4, -0.2) is 61.3 Å². The van der Waals surface area contributed by atoms with Gasteiger partial charge in [-0.1, -0.05) is 0 Å². The van der Waals surface area contributed by atoms with Gasteiger partial charge in [-0.05, 0) is 39.0 Å². The minimum Gasteiger partial charge on any atom is -0.482 e. The number of fused-ring (bicyclic) bond motifs is 1. The quantitative estimate of drug-likeness (QED) is 0.472. The highest BCUT2D eigenvalue weighted by Gasteiger charge is 2.29. The van der Waals surface area contributed by atoms with Crippen molar-refractivity contribution in [3.05, 3.63) is 23.8 Å². The molecule has 0 N–H and O–H groups in total. The van der Waals surface area contributed by atoms with E-state index in [-0.39, 0.29) is 50.2 Å². The van der Waals surface area contributed by atoms with Gasteiger partial charge in [0.1, 0.15) is 12.3 Å². The van der Waals surface area contributed by atoms with E-state index < -0.39 is 5.97 Å². The molecule has 2 rings (SSSR count). The number of ether oxygens (including phenoxy) is 2. The van der Waals surface area contributed by atoms with Crippen LogP contribution in [0.25, 0.3) is 0 Å². The zero-order valence-electron chi connectivity index (χ0n) is 16.5. The number of hydrogen-bond acceptors (Lipinski definition) is 6. The maximum Gasteiger partial charge on any atom is 0.306 e. The standard InChI is InChI=1S/C20H26N2O6/c1-4-21(5-2)18(24)12-22-15-11-14(7-9-17(15)28-13-19(22)25)16(23)8-10-20(26)27-6-3/h7,9,11H,4-6,8,10,12-13H2,1-3H3. The molecule has 8 nitrogen and oxygen atoms in total. The molecule has 8 heteroatoms. The van der Waals surface area contributed by atoms with E-state index in [9.17, 15) is 19.2 Å². The van der Waals surface area contributed by atoms with Crippen LogP contribution in [0.5, 0.6) is 5.75 Å². The van der Waals surface area contributed by atoms with Crippen molar-refractivity contribution < 1.29 is 28.7 Å². The average molecular weight is 390 g/mol. The van der Waals surface area contributed by atoms with Crippen molar-refractivity contribution in [1.29, 1.82) is 0 Å². The third kappa shape index (κ3) is 5.09. The minimum atomic E-state index is -0.432. The maximum absolute atomic E-state index is 12.5. The van der Waals surface area contributed by atoms with Gasteiger partial charge >= 0.3 is 5.97 Å². The van der Waals surface area contributed by atoms with Crippen molar-refractivity contribution in [3.8, 4) is 5.75 Å². The lowest BCUT2D eigenvalue weighted by molar-refractivity contribution is -0.143. The summed E-state index contributed by atoms with van der Waals surface area (Å²) < 4.78 is 10.3. The molecule has 1 aliphatic rings. The van der Waals surface area contributed by atoms with Crippen LogP contribution in [-0.2, 0) is 19.1 Å².